The fraction of sp³-hybridized carbons (Fsp3) is 0.167. The first-order chi connectivity index (χ1) is 15.7. The number of rotatable bonds is 6. The first kappa shape index (κ1) is 22.4. The lowest BCUT2D eigenvalue weighted by Crippen LogP contribution is -2.43. The molecule has 0 aliphatic heterocycles. The number of fused-ring (bicyclic) bond motifs is 3. The van der Waals surface area contributed by atoms with Crippen LogP contribution in [0.15, 0.2) is 48.5 Å². The zero-order valence-corrected chi connectivity index (χ0v) is 16.8. The number of benzene rings is 3. The lowest BCUT2D eigenvalue weighted by atomic mass is 9.93. The quantitative estimate of drug-likeness (QED) is 0.318. The van der Waals surface area contributed by atoms with Crippen LogP contribution in [-0.4, -0.2) is 23.0 Å². The van der Waals surface area contributed by atoms with Gasteiger partial charge in [0, 0.05) is 24.3 Å². The SMILES string of the molecule is O=C(CC1c2ccccc2-c2ccccc21)N[C@@H](Cc1c(F)c(F)c(F)c(F)c1F)C(=O)O. The lowest BCUT2D eigenvalue weighted by Gasteiger charge is -2.18. The van der Waals surface area contributed by atoms with Crippen molar-refractivity contribution in [1.82, 2.24) is 5.32 Å². The Hall–Kier alpha value is -3.75. The molecule has 0 aromatic heterocycles. The number of carboxylic acids is 1. The van der Waals surface area contributed by atoms with Crippen molar-refractivity contribution in [1.29, 1.82) is 0 Å². The molecule has 170 valence electrons. The molecule has 0 radical (unpaired) electrons. The highest BCUT2D eigenvalue weighted by Crippen LogP contribution is 2.46. The highest BCUT2D eigenvalue weighted by molar-refractivity contribution is 5.87. The van der Waals surface area contributed by atoms with Crippen LogP contribution >= 0.6 is 0 Å². The second-order valence-electron chi connectivity index (χ2n) is 7.64. The molecule has 1 aliphatic rings. The largest absolute Gasteiger partial charge is 0.480 e. The average molecular weight is 461 g/mol. The Morgan fingerprint density at radius 2 is 1.24 bits per heavy atom. The summed E-state index contributed by atoms with van der Waals surface area (Å²) in [4.78, 5) is 24.3. The summed E-state index contributed by atoms with van der Waals surface area (Å²) in [5.74, 6) is -13.8. The Balaban J connectivity index is 1.57. The molecule has 0 bridgehead atoms. The van der Waals surface area contributed by atoms with Crippen LogP contribution in [0.25, 0.3) is 11.1 Å². The number of hydrogen-bond acceptors (Lipinski definition) is 2. The van der Waals surface area contributed by atoms with Gasteiger partial charge in [-0.25, -0.2) is 26.7 Å². The summed E-state index contributed by atoms with van der Waals surface area (Å²) >= 11 is 0. The maximum atomic E-state index is 14.0. The van der Waals surface area contributed by atoms with E-state index in [4.69, 9.17) is 0 Å². The molecule has 0 saturated carbocycles. The zero-order valence-electron chi connectivity index (χ0n) is 16.8. The van der Waals surface area contributed by atoms with Gasteiger partial charge < -0.3 is 10.4 Å². The highest BCUT2D eigenvalue weighted by atomic mass is 19.2. The van der Waals surface area contributed by atoms with E-state index in [9.17, 15) is 36.6 Å². The van der Waals surface area contributed by atoms with E-state index in [0.717, 1.165) is 22.3 Å². The van der Waals surface area contributed by atoms with E-state index in [-0.39, 0.29) is 12.3 Å². The van der Waals surface area contributed by atoms with E-state index in [0.29, 0.717) is 0 Å². The fourth-order valence-electron chi connectivity index (χ4n) is 4.15. The Morgan fingerprint density at radius 3 is 1.73 bits per heavy atom. The lowest BCUT2D eigenvalue weighted by molar-refractivity contribution is -0.141. The third-order valence-corrected chi connectivity index (χ3v) is 5.69. The van der Waals surface area contributed by atoms with Crippen molar-refractivity contribution >= 4 is 11.9 Å². The molecule has 0 unspecified atom stereocenters. The third-order valence-electron chi connectivity index (χ3n) is 5.69. The van der Waals surface area contributed by atoms with Gasteiger partial charge in [-0.3, -0.25) is 4.79 Å². The van der Waals surface area contributed by atoms with Crippen LogP contribution in [-0.2, 0) is 16.0 Å². The van der Waals surface area contributed by atoms with Crippen LogP contribution < -0.4 is 5.32 Å². The van der Waals surface area contributed by atoms with Crippen molar-refractivity contribution in [3.8, 4) is 11.1 Å². The van der Waals surface area contributed by atoms with Gasteiger partial charge in [0.25, 0.3) is 0 Å². The van der Waals surface area contributed by atoms with Crippen molar-refractivity contribution in [2.45, 2.75) is 24.8 Å². The minimum Gasteiger partial charge on any atom is -0.480 e. The van der Waals surface area contributed by atoms with Crippen LogP contribution in [0.3, 0.4) is 0 Å². The summed E-state index contributed by atoms with van der Waals surface area (Å²) in [5, 5.41) is 11.6. The van der Waals surface area contributed by atoms with Crippen LogP contribution in [0.5, 0.6) is 0 Å². The molecule has 2 N–H and O–H groups in total. The molecule has 33 heavy (non-hydrogen) atoms. The molecule has 4 rings (SSSR count). The van der Waals surface area contributed by atoms with E-state index >= 15 is 0 Å². The van der Waals surface area contributed by atoms with E-state index in [1.54, 1.807) is 12.1 Å². The molecular formula is C24H16F5NO3. The summed E-state index contributed by atoms with van der Waals surface area (Å²) in [7, 11) is 0. The standard InChI is InChI=1S/C24H16F5NO3/c25-19-16(20(26)22(28)23(29)21(19)27)9-17(24(32)33)30-18(31)10-15-13-7-3-1-5-11(13)12-6-2-4-8-14(12)15/h1-8,15,17H,9-10H2,(H,30,31)(H,32,33)/t17-/m0/s1. The maximum Gasteiger partial charge on any atom is 0.326 e. The topological polar surface area (TPSA) is 66.4 Å². The Labute approximate surface area is 184 Å². The van der Waals surface area contributed by atoms with E-state index in [1.807, 2.05) is 36.4 Å². The Bertz CT molecular complexity index is 1200. The summed E-state index contributed by atoms with van der Waals surface area (Å²) in [6.45, 7) is 0. The molecule has 3 aromatic rings. The molecule has 4 nitrogen and oxygen atoms in total. The van der Waals surface area contributed by atoms with Gasteiger partial charge in [0.05, 0.1) is 0 Å². The van der Waals surface area contributed by atoms with Crippen molar-refractivity contribution in [3.05, 3.63) is 94.3 Å². The van der Waals surface area contributed by atoms with E-state index in [2.05, 4.69) is 5.32 Å². The van der Waals surface area contributed by atoms with Gasteiger partial charge in [-0.1, -0.05) is 48.5 Å². The van der Waals surface area contributed by atoms with Gasteiger partial charge in [-0.15, -0.1) is 0 Å². The van der Waals surface area contributed by atoms with Crippen molar-refractivity contribution < 1.29 is 36.6 Å². The minimum absolute atomic E-state index is 0.172. The van der Waals surface area contributed by atoms with Gasteiger partial charge in [0.2, 0.25) is 11.7 Å². The van der Waals surface area contributed by atoms with Crippen molar-refractivity contribution in [2.24, 2.45) is 0 Å². The van der Waals surface area contributed by atoms with Gasteiger partial charge in [0.15, 0.2) is 23.3 Å². The zero-order chi connectivity index (χ0) is 23.9. The smallest absolute Gasteiger partial charge is 0.326 e. The molecule has 0 spiro atoms. The van der Waals surface area contributed by atoms with Gasteiger partial charge in [-0.2, -0.15) is 0 Å². The third kappa shape index (κ3) is 3.94. The molecule has 1 atom stereocenters. The molecule has 1 aliphatic carbocycles. The second-order valence-corrected chi connectivity index (χ2v) is 7.64. The number of carboxylic acid groups (broad SMARTS) is 1. The van der Waals surface area contributed by atoms with Crippen molar-refractivity contribution in [2.75, 3.05) is 0 Å². The number of carbonyl (C=O) groups is 2. The van der Waals surface area contributed by atoms with Crippen LogP contribution in [0.1, 0.15) is 29.0 Å². The van der Waals surface area contributed by atoms with Crippen LogP contribution in [0.2, 0.25) is 0 Å². The summed E-state index contributed by atoms with van der Waals surface area (Å²) in [5.41, 5.74) is 2.28. The monoisotopic (exact) mass is 461 g/mol. The number of hydrogen-bond donors (Lipinski definition) is 2. The minimum atomic E-state index is -2.34. The molecule has 0 saturated heterocycles. The molecule has 0 fully saturated rings. The van der Waals surface area contributed by atoms with Gasteiger partial charge in [-0.05, 0) is 22.3 Å². The predicted octanol–water partition coefficient (Wildman–Crippen LogP) is 4.70. The normalized spacial score (nSPS) is 13.4. The predicted molar refractivity (Wildman–Crippen MR) is 108 cm³/mol. The average Bonchev–Trinajstić information content (AvgIpc) is 3.12. The number of aliphatic carboxylic acids is 1. The summed E-state index contributed by atoms with van der Waals surface area (Å²) < 4.78 is 68.2. The first-order valence-corrected chi connectivity index (χ1v) is 9.91. The summed E-state index contributed by atoms with van der Waals surface area (Å²) in [6, 6.07) is 12.9. The number of carbonyl (C=O) groups excluding carboxylic acids is 1. The van der Waals surface area contributed by atoms with E-state index < -0.39 is 59.0 Å². The first-order valence-electron chi connectivity index (χ1n) is 9.91. The van der Waals surface area contributed by atoms with E-state index in [1.165, 1.54) is 0 Å². The molecule has 9 heteroatoms. The van der Waals surface area contributed by atoms with Crippen LogP contribution in [0.4, 0.5) is 22.0 Å². The van der Waals surface area contributed by atoms with Crippen LogP contribution in [0, 0.1) is 29.1 Å². The maximum absolute atomic E-state index is 14.0. The van der Waals surface area contributed by atoms with Gasteiger partial charge >= 0.3 is 5.97 Å². The molecular weight excluding hydrogens is 445 g/mol. The summed E-state index contributed by atoms with van der Waals surface area (Å²) in [6.07, 6.45) is -1.29. The molecule has 1 amide bonds. The Morgan fingerprint density at radius 1 is 0.788 bits per heavy atom. The second kappa shape index (κ2) is 8.65. The fourth-order valence-corrected chi connectivity index (χ4v) is 4.15. The highest BCUT2D eigenvalue weighted by Gasteiger charge is 2.33. The Kier molecular flexibility index (Phi) is 5.88. The number of nitrogens with one attached hydrogen (secondary N) is 1. The number of halogens is 5. The number of amides is 1. The van der Waals surface area contributed by atoms with Gasteiger partial charge in [0.1, 0.15) is 6.04 Å². The molecule has 0 heterocycles. The molecule has 3 aromatic carbocycles. The van der Waals surface area contributed by atoms with Crippen molar-refractivity contribution in [3.63, 3.8) is 0 Å².